The molecule has 4 nitrogen and oxygen atoms in total. The van der Waals surface area contributed by atoms with Crippen LogP contribution in [-0.4, -0.2) is 13.2 Å². The summed E-state index contributed by atoms with van der Waals surface area (Å²) >= 11 is 9.79. The second kappa shape index (κ2) is 8.40. The van der Waals surface area contributed by atoms with Gasteiger partial charge in [0.1, 0.15) is 12.4 Å². The van der Waals surface area contributed by atoms with E-state index in [9.17, 15) is 4.79 Å². The van der Waals surface area contributed by atoms with E-state index in [1.807, 2.05) is 6.07 Å². The van der Waals surface area contributed by atoms with Gasteiger partial charge in [0.25, 0.3) is 0 Å². The first-order valence-corrected chi connectivity index (χ1v) is 8.67. The van der Waals surface area contributed by atoms with Gasteiger partial charge in [-0.05, 0) is 64.7 Å². The number of aryl methyl sites for hydroxylation is 2. The van der Waals surface area contributed by atoms with Gasteiger partial charge in [0.15, 0.2) is 0 Å². The van der Waals surface area contributed by atoms with Gasteiger partial charge in [-0.2, -0.15) is 0 Å². The van der Waals surface area contributed by atoms with Crippen LogP contribution in [0.25, 0.3) is 0 Å². The van der Waals surface area contributed by atoms with Crippen molar-refractivity contribution >= 4 is 39.3 Å². The van der Waals surface area contributed by atoms with Gasteiger partial charge < -0.3 is 9.47 Å². The molecule has 0 aliphatic carbocycles. The molecule has 2 aromatic carbocycles. The highest BCUT2D eigenvalue weighted by Crippen LogP contribution is 2.32. The molecule has 6 heteroatoms. The van der Waals surface area contributed by atoms with E-state index in [4.69, 9.17) is 16.3 Å². The zero-order chi connectivity index (χ0) is 17.7. The van der Waals surface area contributed by atoms with Crippen molar-refractivity contribution in [2.45, 2.75) is 26.9 Å². The number of ether oxygens (including phenoxy) is 2. The van der Waals surface area contributed by atoms with E-state index >= 15 is 0 Å². The minimum atomic E-state index is -0.553. The number of amides is 1. The van der Waals surface area contributed by atoms with Crippen LogP contribution >= 0.6 is 27.5 Å². The second-order valence-corrected chi connectivity index (χ2v) is 6.50. The molecule has 0 fully saturated rings. The van der Waals surface area contributed by atoms with Gasteiger partial charge in [-0.3, -0.25) is 5.32 Å². The molecule has 24 heavy (non-hydrogen) atoms. The molecule has 1 amide bonds. The number of carbonyl (C=O) groups excluding carboxylic acids is 1. The summed E-state index contributed by atoms with van der Waals surface area (Å²) < 4.78 is 11.4. The molecule has 0 saturated heterocycles. The minimum Gasteiger partial charge on any atom is -0.488 e. The molecule has 0 radical (unpaired) electrons. The second-order valence-electron chi connectivity index (χ2n) is 5.23. The molecule has 0 heterocycles. The van der Waals surface area contributed by atoms with Crippen molar-refractivity contribution in [2.24, 2.45) is 0 Å². The van der Waals surface area contributed by atoms with E-state index in [-0.39, 0.29) is 6.61 Å². The lowest BCUT2D eigenvalue weighted by Crippen LogP contribution is -2.13. The van der Waals surface area contributed by atoms with E-state index in [0.29, 0.717) is 16.3 Å². The van der Waals surface area contributed by atoms with Crippen LogP contribution in [0.1, 0.15) is 23.6 Å². The SMILES string of the molecule is CCc1cc(Br)c(OCc2c(Cl)cccc2NC(=O)OC)cc1C. The lowest BCUT2D eigenvalue weighted by Gasteiger charge is -2.15. The summed E-state index contributed by atoms with van der Waals surface area (Å²) in [7, 11) is 1.31. The largest absolute Gasteiger partial charge is 0.488 e. The normalized spacial score (nSPS) is 10.4. The van der Waals surface area contributed by atoms with Gasteiger partial charge >= 0.3 is 6.09 Å². The van der Waals surface area contributed by atoms with E-state index < -0.39 is 6.09 Å². The number of anilines is 1. The topological polar surface area (TPSA) is 47.6 Å². The van der Waals surface area contributed by atoms with Crippen molar-refractivity contribution in [3.63, 3.8) is 0 Å². The van der Waals surface area contributed by atoms with Gasteiger partial charge in [-0.1, -0.05) is 24.6 Å². The van der Waals surface area contributed by atoms with Crippen molar-refractivity contribution in [3.05, 3.63) is 56.5 Å². The summed E-state index contributed by atoms with van der Waals surface area (Å²) in [6.07, 6.45) is 0.408. The predicted octanol–water partition coefficient (Wildman–Crippen LogP) is 5.73. The molecule has 0 unspecified atom stereocenters. The Labute approximate surface area is 155 Å². The number of halogens is 2. The maximum absolute atomic E-state index is 11.5. The number of rotatable bonds is 5. The third-order valence-electron chi connectivity index (χ3n) is 3.68. The number of methoxy groups -OCH3 is 1. The first-order valence-electron chi connectivity index (χ1n) is 7.50. The van der Waals surface area contributed by atoms with Crippen molar-refractivity contribution in [1.82, 2.24) is 0 Å². The van der Waals surface area contributed by atoms with Crippen LogP contribution in [0.15, 0.2) is 34.8 Å². The number of hydrogen-bond donors (Lipinski definition) is 1. The molecule has 0 aliphatic rings. The number of benzene rings is 2. The third-order valence-corrected chi connectivity index (χ3v) is 4.66. The first-order chi connectivity index (χ1) is 11.5. The molecule has 128 valence electrons. The van der Waals surface area contributed by atoms with Gasteiger partial charge in [0, 0.05) is 10.6 Å². The Bertz CT molecular complexity index is 749. The summed E-state index contributed by atoms with van der Waals surface area (Å²) in [5, 5.41) is 3.16. The van der Waals surface area contributed by atoms with Crippen molar-refractivity contribution < 1.29 is 14.3 Å². The Hall–Kier alpha value is -1.72. The number of hydrogen-bond acceptors (Lipinski definition) is 3. The van der Waals surface area contributed by atoms with Crippen molar-refractivity contribution in [2.75, 3.05) is 12.4 Å². The van der Waals surface area contributed by atoms with Crippen LogP contribution in [-0.2, 0) is 17.8 Å². The van der Waals surface area contributed by atoms with E-state index in [1.165, 1.54) is 18.2 Å². The molecular formula is C18H19BrClNO3. The van der Waals surface area contributed by atoms with Gasteiger partial charge in [0.2, 0.25) is 0 Å². The molecule has 2 rings (SSSR count). The lowest BCUT2D eigenvalue weighted by molar-refractivity contribution is 0.187. The van der Waals surface area contributed by atoms with Crippen LogP contribution in [0.2, 0.25) is 5.02 Å². The Balaban J connectivity index is 2.23. The summed E-state index contributed by atoms with van der Waals surface area (Å²) in [4.78, 5) is 11.5. The molecule has 0 bridgehead atoms. The summed E-state index contributed by atoms with van der Waals surface area (Å²) in [6, 6.07) is 9.32. The number of nitrogens with one attached hydrogen (secondary N) is 1. The first kappa shape index (κ1) is 18.6. The van der Waals surface area contributed by atoms with E-state index in [0.717, 1.165) is 16.6 Å². The Morgan fingerprint density at radius 2 is 2.08 bits per heavy atom. The monoisotopic (exact) mass is 411 g/mol. The fourth-order valence-electron chi connectivity index (χ4n) is 2.32. The molecule has 0 aromatic heterocycles. The average Bonchev–Trinajstić information content (AvgIpc) is 2.56. The molecular weight excluding hydrogens is 394 g/mol. The highest BCUT2D eigenvalue weighted by molar-refractivity contribution is 9.10. The van der Waals surface area contributed by atoms with Crippen LogP contribution in [0, 0.1) is 6.92 Å². The fourth-order valence-corrected chi connectivity index (χ4v) is 3.06. The predicted molar refractivity (Wildman–Crippen MR) is 100 cm³/mol. The molecule has 0 aliphatic heterocycles. The van der Waals surface area contributed by atoms with Gasteiger partial charge in [-0.15, -0.1) is 0 Å². The summed E-state index contributed by atoms with van der Waals surface area (Å²) in [6.45, 7) is 4.39. The van der Waals surface area contributed by atoms with E-state index in [1.54, 1.807) is 18.2 Å². The highest BCUT2D eigenvalue weighted by Gasteiger charge is 2.12. The smallest absolute Gasteiger partial charge is 0.411 e. The highest BCUT2D eigenvalue weighted by atomic mass is 79.9. The molecule has 0 saturated carbocycles. The Morgan fingerprint density at radius 1 is 1.33 bits per heavy atom. The van der Waals surface area contributed by atoms with Gasteiger partial charge in [0.05, 0.1) is 17.3 Å². The van der Waals surface area contributed by atoms with Crippen LogP contribution < -0.4 is 10.1 Å². The standard InChI is InChI=1S/C18H19BrClNO3/c1-4-12-9-14(19)17(8-11(12)2)24-10-13-15(20)6-5-7-16(13)21-18(22)23-3/h5-9H,4,10H2,1-3H3,(H,21,22). The number of carbonyl (C=O) groups is 1. The zero-order valence-electron chi connectivity index (χ0n) is 13.8. The third kappa shape index (κ3) is 4.42. The Kier molecular flexibility index (Phi) is 6.52. The van der Waals surface area contributed by atoms with Crippen molar-refractivity contribution in [3.8, 4) is 5.75 Å². The molecule has 2 aromatic rings. The molecule has 0 atom stereocenters. The van der Waals surface area contributed by atoms with Crippen LogP contribution in [0.5, 0.6) is 5.75 Å². The van der Waals surface area contributed by atoms with Crippen LogP contribution in [0.3, 0.4) is 0 Å². The lowest BCUT2D eigenvalue weighted by atomic mass is 10.1. The molecule has 0 spiro atoms. The minimum absolute atomic E-state index is 0.225. The quantitative estimate of drug-likeness (QED) is 0.682. The van der Waals surface area contributed by atoms with Crippen molar-refractivity contribution in [1.29, 1.82) is 0 Å². The fraction of sp³-hybridized carbons (Fsp3) is 0.278. The van der Waals surface area contributed by atoms with Crippen LogP contribution in [0.4, 0.5) is 10.5 Å². The van der Waals surface area contributed by atoms with Gasteiger partial charge in [-0.25, -0.2) is 4.79 Å². The Morgan fingerprint density at radius 3 is 2.75 bits per heavy atom. The van der Waals surface area contributed by atoms with E-state index in [2.05, 4.69) is 45.9 Å². The maximum Gasteiger partial charge on any atom is 0.411 e. The summed E-state index contributed by atoms with van der Waals surface area (Å²) in [5.74, 6) is 0.730. The maximum atomic E-state index is 11.5. The summed E-state index contributed by atoms with van der Waals surface area (Å²) in [5.41, 5.74) is 3.68. The zero-order valence-corrected chi connectivity index (χ0v) is 16.1. The molecule has 1 N–H and O–H groups in total. The average molecular weight is 413 g/mol.